The molecule has 1 aliphatic carbocycles. The average molecular weight is 293 g/mol. The van der Waals surface area contributed by atoms with Crippen LogP contribution in [0, 0.1) is 11.8 Å². The van der Waals surface area contributed by atoms with E-state index in [-0.39, 0.29) is 0 Å². The minimum absolute atomic E-state index is 0.546. The van der Waals surface area contributed by atoms with Gasteiger partial charge >= 0.3 is 0 Å². The first-order chi connectivity index (χ1) is 9.56. The second kappa shape index (κ2) is 6.88. The molecule has 0 bridgehead atoms. The Bertz CT molecular complexity index is 481. The molecule has 5 heteroatoms. The van der Waals surface area contributed by atoms with Crippen molar-refractivity contribution in [2.45, 2.75) is 39.5 Å². The standard InChI is InChI=1S/C15H23N3OS/c1-10(2)6-7-16-15(20)18-17-9-12-4-5-14(19-12)13-8-11(13)3/h4-5,9-11,13H,6-8H2,1-3H3,(H2,16,18,20)/b17-9-/t11-,13-/m0/s1. The van der Waals surface area contributed by atoms with Gasteiger partial charge < -0.3 is 9.73 Å². The smallest absolute Gasteiger partial charge is 0.186 e. The highest BCUT2D eigenvalue weighted by atomic mass is 32.1. The van der Waals surface area contributed by atoms with Gasteiger partial charge in [0.25, 0.3) is 0 Å². The Morgan fingerprint density at radius 3 is 2.95 bits per heavy atom. The lowest BCUT2D eigenvalue weighted by atomic mass is 10.1. The number of nitrogens with zero attached hydrogens (tertiary/aromatic N) is 1. The fraction of sp³-hybridized carbons (Fsp3) is 0.600. The molecule has 4 nitrogen and oxygen atoms in total. The third-order valence-electron chi connectivity index (χ3n) is 3.49. The largest absolute Gasteiger partial charge is 0.460 e. The van der Waals surface area contributed by atoms with Crippen LogP contribution in [0.2, 0.25) is 0 Å². The van der Waals surface area contributed by atoms with Crippen molar-refractivity contribution >= 4 is 23.5 Å². The van der Waals surface area contributed by atoms with Crippen molar-refractivity contribution < 1.29 is 4.42 Å². The van der Waals surface area contributed by atoms with E-state index in [0.29, 0.717) is 16.9 Å². The molecule has 1 aromatic rings. The van der Waals surface area contributed by atoms with E-state index in [2.05, 4.69) is 36.6 Å². The van der Waals surface area contributed by atoms with Crippen LogP contribution in [0.1, 0.15) is 51.1 Å². The maximum Gasteiger partial charge on any atom is 0.186 e. The number of hydrazone groups is 1. The topological polar surface area (TPSA) is 49.6 Å². The van der Waals surface area contributed by atoms with E-state index < -0.39 is 0 Å². The zero-order valence-electron chi connectivity index (χ0n) is 12.3. The van der Waals surface area contributed by atoms with Gasteiger partial charge in [-0.25, -0.2) is 0 Å². The van der Waals surface area contributed by atoms with Gasteiger partial charge in [-0.1, -0.05) is 20.8 Å². The summed E-state index contributed by atoms with van der Waals surface area (Å²) in [5.74, 6) is 3.85. The van der Waals surface area contributed by atoms with Crippen molar-refractivity contribution in [1.82, 2.24) is 10.7 Å². The summed E-state index contributed by atoms with van der Waals surface area (Å²) in [6.07, 6.45) is 3.98. The number of hydrogen-bond acceptors (Lipinski definition) is 3. The third-order valence-corrected chi connectivity index (χ3v) is 3.72. The van der Waals surface area contributed by atoms with Crippen LogP contribution in [-0.2, 0) is 0 Å². The van der Waals surface area contributed by atoms with Gasteiger partial charge in [0, 0.05) is 12.5 Å². The summed E-state index contributed by atoms with van der Waals surface area (Å²) in [5, 5.41) is 7.74. The molecule has 0 aliphatic heterocycles. The summed E-state index contributed by atoms with van der Waals surface area (Å²) in [5.41, 5.74) is 2.80. The van der Waals surface area contributed by atoms with Crippen LogP contribution in [0.3, 0.4) is 0 Å². The van der Waals surface area contributed by atoms with Crippen LogP contribution in [0.4, 0.5) is 0 Å². The summed E-state index contributed by atoms with van der Waals surface area (Å²) < 4.78 is 5.72. The fourth-order valence-electron chi connectivity index (χ4n) is 2.02. The highest BCUT2D eigenvalue weighted by molar-refractivity contribution is 7.80. The van der Waals surface area contributed by atoms with Gasteiger partial charge in [0.15, 0.2) is 5.11 Å². The first kappa shape index (κ1) is 15.0. The molecular formula is C15H23N3OS. The normalized spacial score (nSPS) is 21.4. The van der Waals surface area contributed by atoms with Crippen molar-refractivity contribution in [2.24, 2.45) is 16.9 Å². The molecule has 2 atom stereocenters. The molecule has 1 heterocycles. The Morgan fingerprint density at radius 1 is 1.55 bits per heavy atom. The average Bonchev–Trinajstić information content (AvgIpc) is 2.93. The molecule has 1 aromatic heterocycles. The van der Waals surface area contributed by atoms with Crippen molar-refractivity contribution in [3.8, 4) is 0 Å². The van der Waals surface area contributed by atoms with Crippen molar-refractivity contribution in [3.05, 3.63) is 23.7 Å². The van der Waals surface area contributed by atoms with Crippen LogP contribution >= 0.6 is 12.2 Å². The number of thiocarbonyl (C=S) groups is 1. The van der Waals surface area contributed by atoms with E-state index in [4.69, 9.17) is 16.6 Å². The molecule has 0 aromatic carbocycles. The van der Waals surface area contributed by atoms with Crippen LogP contribution < -0.4 is 10.7 Å². The van der Waals surface area contributed by atoms with E-state index in [0.717, 1.165) is 30.4 Å². The van der Waals surface area contributed by atoms with E-state index in [1.165, 1.54) is 6.42 Å². The molecule has 0 radical (unpaired) electrons. The summed E-state index contributed by atoms with van der Waals surface area (Å²) in [6, 6.07) is 3.98. The molecule has 1 aliphatic rings. The van der Waals surface area contributed by atoms with Gasteiger partial charge in [0.2, 0.25) is 0 Å². The molecular weight excluding hydrogens is 270 g/mol. The molecule has 0 amide bonds. The lowest BCUT2D eigenvalue weighted by Gasteiger charge is -2.08. The lowest BCUT2D eigenvalue weighted by Crippen LogP contribution is -2.33. The Morgan fingerprint density at radius 2 is 2.30 bits per heavy atom. The van der Waals surface area contributed by atoms with Crippen molar-refractivity contribution in [2.75, 3.05) is 6.54 Å². The molecule has 1 fully saturated rings. The Kier molecular flexibility index (Phi) is 5.17. The predicted octanol–water partition coefficient (Wildman–Crippen LogP) is 3.25. The van der Waals surface area contributed by atoms with Gasteiger partial charge in [0.1, 0.15) is 11.5 Å². The molecule has 2 N–H and O–H groups in total. The number of furan rings is 1. The molecule has 0 spiro atoms. The van der Waals surface area contributed by atoms with E-state index in [1.54, 1.807) is 6.21 Å². The lowest BCUT2D eigenvalue weighted by molar-refractivity contribution is 0.500. The summed E-state index contributed by atoms with van der Waals surface area (Å²) in [6.45, 7) is 7.48. The third kappa shape index (κ3) is 4.63. The monoisotopic (exact) mass is 293 g/mol. The fourth-order valence-corrected chi connectivity index (χ4v) is 2.18. The summed E-state index contributed by atoms with van der Waals surface area (Å²) >= 11 is 5.13. The van der Waals surface area contributed by atoms with Gasteiger partial charge in [-0.3, -0.25) is 5.43 Å². The summed E-state index contributed by atoms with van der Waals surface area (Å²) in [4.78, 5) is 0. The second-order valence-electron chi connectivity index (χ2n) is 5.87. The molecule has 0 saturated heterocycles. The Labute approximate surface area is 126 Å². The highest BCUT2D eigenvalue weighted by Crippen LogP contribution is 2.47. The van der Waals surface area contributed by atoms with Gasteiger partial charge in [-0.2, -0.15) is 5.10 Å². The van der Waals surface area contributed by atoms with Crippen LogP contribution in [0.25, 0.3) is 0 Å². The van der Waals surface area contributed by atoms with E-state index >= 15 is 0 Å². The van der Waals surface area contributed by atoms with Gasteiger partial charge in [-0.15, -0.1) is 0 Å². The molecule has 20 heavy (non-hydrogen) atoms. The van der Waals surface area contributed by atoms with E-state index in [1.807, 2.05) is 12.1 Å². The minimum Gasteiger partial charge on any atom is -0.460 e. The molecule has 1 saturated carbocycles. The second-order valence-corrected chi connectivity index (χ2v) is 6.28. The first-order valence-electron chi connectivity index (χ1n) is 7.23. The predicted molar refractivity (Wildman–Crippen MR) is 86.0 cm³/mol. The van der Waals surface area contributed by atoms with Gasteiger partial charge in [-0.05, 0) is 49.0 Å². The Balaban J connectivity index is 1.70. The van der Waals surface area contributed by atoms with Crippen LogP contribution in [-0.4, -0.2) is 17.9 Å². The van der Waals surface area contributed by atoms with Crippen LogP contribution in [0.5, 0.6) is 0 Å². The van der Waals surface area contributed by atoms with E-state index in [9.17, 15) is 0 Å². The first-order valence-corrected chi connectivity index (χ1v) is 7.63. The van der Waals surface area contributed by atoms with Gasteiger partial charge in [0.05, 0.1) is 6.21 Å². The SMILES string of the molecule is CC(C)CCNC(=S)N/N=C\c1ccc([C@H]2C[C@@H]2C)o1. The summed E-state index contributed by atoms with van der Waals surface area (Å²) in [7, 11) is 0. The van der Waals surface area contributed by atoms with Crippen LogP contribution in [0.15, 0.2) is 21.7 Å². The maximum absolute atomic E-state index is 5.72. The highest BCUT2D eigenvalue weighted by Gasteiger charge is 2.36. The number of nitrogens with one attached hydrogen (secondary N) is 2. The minimum atomic E-state index is 0.546. The molecule has 0 unspecified atom stereocenters. The molecule has 110 valence electrons. The number of hydrogen-bond donors (Lipinski definition) is 2. The molecule has 2 rings (SSSR count). The maximum atomic E-state index is 5.72. The van der Waals surface area contributed by atoms with Crippen molar-refractivity contribution in [3.63, 3.8) is 0 Å². The Hall–Kier alpha value is -1.36. The quantitative estimate of drug-likeness (QED) is 0.480. The zero-order valence-corrected chi connectivity index (χ0v) is 13.2. The van der Waals surface area contributed by atoms with Crippen molar-refractivity contribution in [1.29, 1.82) is 0 Å². The number of rotatable bonds is 6. The zero-order chi connectivity index (χ0) is 14.5.